The van der Waals surface area contributed by atoms with Gasteiger partial charge in [0.2, 0.25) is 0 Å². The number of ether oxygens (including phenoxy) is 1. The Hall–Kier alpha value is -1.19. The predicted octanol–water partition coefficient (Wildman–Crippen LogP) is 4.33. The minimum atomic E-state index is -0.184. The molecule has 1 aromatic carbocycles. The smallest absolute Gasteiger partial charge is 0.0934 e. The Labute approximate surface area is 152 Å². The molecule has 25 heavy (non-hydrogen) atoms. The van der Waals surface area contributed by atoms with Gasteiger partial charge in [-0.2, -0.15) is 0 Å². The fourth-order valence-corrected chi connectivity index (χ4v) is 5.83. The van der Waals surface area contributed by atoms with Gasteiger partial charge in [-0.05, 0) is 76.0 Å². The summed E-state index contributed by atoms with van der Waals surface area (Å²) in [7, 11) is 1.92. The predicted molar refractivity (Wildman–Crippen MR) is 103 cm³/mol. The molecule has 0 amide bonds. The quantitative estimate of drug-likeness (QED) is 0.886. The van der Waals surface area contributed by atoms with Crippen LogP contribution in [0.2, 0.25) is 0 Å². The van der Waals surface area contributed by atoms with E-state index in [-0.39, 0.29) is 11.0 Å². The third kappa shape index (κ3) is 2.59. The van der Waals surface area contributed by atoms with Gasteiger partial charge in [0.1, 0.15) is 0 Å². The van der Waals surface area contributed by atoms with E-state index in [1.54, 1.807) is 0 Å². The van der Waals surface area contributed by atoms with Gasteiger partial charge in [-0.1, -0.05) is 24.3 Å². The molecule has 0 spiro atoms. The number of hydrogen-bond donors (Lipinski definition) is 1. The zero-order valence-electron chi connectivity index (χ0n) is 16.0. The Morgan fingerprint density at radius 3 is 2.68 bits per heavy atom. The van der Waals surface area contributed by atoms with Gasteiger partial charge in [0.15, 0.2) is 0 Å². The molecule has 1 saturated heterocycles. The van der Waals surface area contributed by atoms with Crippen LogP contribution < -0.4 is 0 Å². The van der Waals surface area contributed by atoms with Crippen molar-refractivity contribution in [2.75, 3.05) is 20.2 Å². The summed E-state index contributed by atoms with van der Waals surface area (Å²) in [6.45, 7) is 6.97. The number of fused-ring (bicyclic) bond motifs is 1. The molecule has 4 rings (SSSR count). The van der Waals surface area contributed by atoms with Crippen LogP contribution in [0.25, 0.3) is 0 Å². The third-order valence-corrected chi connectivity index (χ3v) is 7.39. The molecule has 1 unspecified atom stereocenters. The lowest BCUT2D eigenvalue weighted by Gasteiger charge is -2.62. The Bertz CT molecular complexity index is 668. The fraction of sp³-hybridized carbons (Fsp3) is 0.682. The summed E-state index contributed by atoms with van der Waals surface area (Å²) < 4.78 is 6.45. The fourth-order valence-electron chi connectivity index (χ4n) is 5.83. The highest BCUT2D eigenvalue weighted by molar-refractivity contribution is 5.84. The first-order valence-corrected chi connectivity index (χ1v) is 9.94. The van der Waals surface area contributed by atoms with Crippen LogP contribution in [0, 0.1) is 18.3 Å². The first kappa shape index (κ1) is 17.2. The summed E-state index contributed by atoms with van der Waals surface area (Å²) >= 11 is 0. The highest BCUT2D eigenvalue weighted by atomic mass is 16.5. The lowest BCUT2D eigenvalue weighted by molar-refractivity contribution is -0.163. The lowest BCUT2D eigenvalue weighted by Crippen LogP contribution is -2.70. The van der Waals surface area contributed by atoms with E-state index in [1.807, 2.05) is 7.11 Å². The molecule has 2 aliphatic carbocycles. The van der Waals surface area contributed by atoms with Gasteiger partial charge in [-0.25, -0.2) is 0 Å². The normalized spacial score (nSPS) is 36.3. The molecule has 3 fully saturated rings. The molecule has 0 aromatic heterocycles. The maximum atomic E-state index is 8.49. The van der Waals surface area contributed by atoms with Gasteiger partial charge in [-0.15, -0.1) is 0 Å². The largest absolute Gasteiger partial charge is 0.376 e. The van der Waals surface area contributed by atoms with E-state index in [1.165, 1.54) is 30.5 Å². The number of nitrogens with zero attached hydrogens (tertiary/aromatic N) is 1. The molecular formula is C22H32N2O. The minimum Gasteiger partial charge on any atom is -0.376 e. The summed E-state index contributed by atoms with van der Waals surface area (Å²) in [4.78, 5) is 2.69. The van der Waals surface area contributed by atoms with E-state index in [0.717, 1.165) is 43.9 Å². The molecule has 3 atom stereocenters. The minimum absolute atomic E-state index is 0.0537. The summed E-state index contributed by atoms with van der Waals surface area (Å²) in [5, 5.41) is 8.49. The number of hydrogen-bond acceptors (Lipinski definition) is 3. The Morgan fingerprint density at radius 1 is 1.24 bits per heavy atom. The van der Waals surface area contributed by atoms with Gasteiger partial charge in [-0.3, -0.25) is 4.90 Å². The molecule has 1 aliphatic heterocycles. The van der Waals surface area contributed by atoms with Crippen LogP contribution in [-0.2, 0) is 10.2 Å². The number of aryl methyl sites for hydroxylation is 1. The topological polar surface area (TPSA) is 36.3 Å². The third-order valence-electron chi connectivity index (χ3n) is 7.39. The standard InChI is InChI=1S/C22H32N2O/c1-16-6-4-5-7-20(16)21-12-13-24(15-18-8-9-18)17(2)22(21,25-3)11-10-19(23)14-21/h4-7,17-18,23H,8-15H2,1-3H3/t17?,21-,22-/m1/s1. The summed E-state index contributed by atoms with van der Waals surface area (Å²) in [5.41, 5.74) is 3.43. The average Bonchev–Trinajstić information content (AvgIpc) is 3.42. The van der Waals surface area contributed by atoms with Crippen molar-refractivity contribution in [3.63, 3.8) is 0 Å². The maximum Gasteiger partial charge on any atom is 0.0934 e. The molecule has 1 heterocycles. The van der Waals surface area contributed by atoms with E-state index in [2.05, 4.69) is 43.0 Å². The van der Waals surface area contributed by atoms with Gasteiger partial charge < -0.3 is 10.1 Å². The van der Waals surface area contributed by atoms with Gasteiger partial charge in [0.05, 0.1) is 5.60 Å². The summed E-state index contributed by atoms with van der Waals surface area (Å²) in [6, 6.07) is 9.22. The van der Waals surface area contributed by atoms with Crippen molar-refractivity contribution >= 4 is 5.71 Å². The zero-order chi connectivity index (χ0) is 17.7. The highest BCUT2D eigenvalue weighted by Gasteiger charge is 2.61. The molecular weight excluding hydrogens is 308 g/mol. The molecule has 3 heteroatoms. The van der Waals surface area contributed by atoms with Crippen LogP contribution in [-0.4, -0.2) is 42.5 Å². The Balaban J connectivity index is 1.80. The molecule has 1 aromatic rings. The second-order valence-corrected chi connectivity index (χ2v) is 8.64. The molecule has 2 saturated carbocycles. The van der Waals surface area contributed by atoms with Gasteiger partial charge in [0, 0.05) is 30.8 Å². The van der Waals surface area contributed by atoms with Gasteiger partial charge >= 0.3 is 0 Å². The summed E-state index contributed by atoms with van der Waals surface area (Å²) in [6.07, 6.45) is 6.61. The second-order valence-electron chi connectivity index (χ2n) is 8.64. The molecule has 3 aliphatic rings. The first-order chi connectivity index (χ1) is 12.0. The molecule has 136 valence electrons. The number of methoxy groups -OCH3 is 1. The molecule has 1 N–H and O–H groups in total. The lowest BCUT2D eigenvalue weighted by atomic mass is 9.53. The second kappa shape index (κ2) is 6.21. The van der Waals surface area contributed by atoms with E-state index in [4.69, 9.17) is 10.1 Å². The highest BCUT2D eigenvalue weighted by Crippen LogP contribution is 2.55. The van der Waals surface area contributed by atoms with Crippen molar-refractivity contribution in [3.05, 3.63) is 35.4 Å². The maximum absolute atomic E-state index is 8.49. The number of benzene rings is 1. The SMILES string of the molecule is CO[C@@]12CCC(=N)C[C@@]1(c1ccccc1C)CCN(CC1CC1)C2C. The van der Waals surface area contributed by atoms with Crippen molar-refractivity contribution in [2.45, 2.75) is 69.4 Å². The van der Waals surface area contributed by atoms with Crippen molar-refractivity contribution in [3.8, 4) is 0 Å². The van der Waals surface area contributed by atoms with Crippen LogP contribution in [0.1, 0.15) is 56.6 Å². The Morgan fingerprint density at radius 2 is 2.00 bits per heavy atom. The van der Waals surface area contributed by atoms with Crippen molar-refractivity contribution < 1.29 is 4.74 Å². The van der Waals surface area contributed by atoms with Crippen LogP contribution in [0.4, 0.5) is 0 Å². The molecule has 0 radical (unpaired) electrons. The number of piperidine rings is 1. The Kier molecular flexibility index (Phi) is 4.28. The van der Waals surface area contributed by atoms with Crippen LogP contribution in [0.5, 0.6) is 0 Å². The zero-order valence-corrected chi connectivity index (χ0v) is 16.0. The monoisotopic (exact) mass is 340 g/mol. The summed E-state index contributed by atoms with van der Waals surface area (Å²) in [5.74, 6) is 0.907. The molecule has 3 nitrogen and oxygen atoms in total. The number of nitrogens with one attached hydrogen (secondary N) is 1. The van der Waals surface area contributed by atoms with Crippen molar-refractivity contribution in [2.24, 2.45) is 5.92 Å². The van der Waals surface area contributed by atoms with Crippen LogP contribution in [0.15, 0.2) is 24.3 Å². The van der Waals surface area contributed by atoms with E-state index in [0.29, 0.717) is 6.04 Å². The van der Waals surface area contributed by atoms with Crippen LogP contribution in [0.3, 0.4) is 0 Å². The molecule has 0 bridgehead atoms. The average molecular weight is 341 g/mol. The van der Waals surface area contributed by atoms with Crippen molar-refractivity contribution in [1.82, 2.24) is 4.90 Å². The van der Waals surface area contributed by atoms with E-state index in [9.17, 15) is 0 Å². The van der Waals surface area contributed by atoms with Crippen molar-refractivity contribution in [1.29, 1.82) is 5.41 Å². The van der Waals surface area contributed by atoms with E-state index >= 15 is 0 Å². The number of likely N-dealkylation sites (tertiary alicyclic amines) is 1. The van der Waals surface area contributed by atoms with E-state index < -0.39 is 0 Å². The number of rotatable bonds is 4. The van der Waals surface area contributed by atoms with Gasteiger partial charge in [0.25, 0.3) is 0 Å². The first-order valence-electron chi connectivity index (χ1n) is 9.94. The van der Waals surface area contributed by atoms with Crippen LogP contribution >= 0.6 is 0 Å².